The zero-order chi connectivity index (χ0) is 16.6. The zero-order valence-corrected chi connectivity index (χ0v) is 15.6. The molecule has 0 atom stereocenters. The molecule has 0 saturated carbocycles. The summed E-state index contributed by atoms with van der Waals surface area (Å²) in [5.41, 5.74) is 3.36. The Kier molecular flexibility index (Phi) is 4.53. The summed E-state index contributed by atoms with van der Waals surface area (Å²) in [7, 11) is 0. The normalized spacial score (nSPS) is 11.7. The van der Waals surface area contributed by atoms with E-state index in [1.807, 2.05) is 16.9 Å². The minimum absolute atomic E-state index is 0.653. The van der Waals surface area contributed by atoms with Crippen LogP contribution < -0.4 is 0 Å². The Morgan fingerprint density at radius 3 is 2.78 bits per heavy atom. The number of hydrogen-bond donors (Lipinski definition) is 0. The van der Waals surface area contributed by atoms with E-state index in [1.54, 1.807) is 6.20 Å². The van der Waals surface area contributed by atoms with Gasteiger partial charge in [-0.25, -0.2) is 4.98 Å². The van der Waals surface area contributed by atoms with Crippen molar-refractivity contribution in [1.82, 2.24) is 24.3 Å². The molecule has 0 aliphatic heterocycles. The quantitative estimate of drug-likeness (QED) is 0.674. The van der Waals surface area contributed by atoms with Gasteiger partial charge in [-0.05, 0) is 48.2 Å². The van der Waals surface area contributed by atoms with Gasteiger partial charge in [0.2, 0.25) is 0 Å². The van der Waals surface area contributed by atoms with E-state index in [9.17, 15) is 0 Å². The lowest BCUT2D eigenvalue weighted by Crippen LogP contribution is -2.12. The predicted molar refractivity (Wildman–Crippen MR) is 95.5 cm³/mol. The Hall–Kier alpha value is -1.69. The Bertz CT molecular complexity index is 831. The second-order valence-corrected chi connectivity index (χ2v) is 7.13. The fraction of sp³-hybridized carbons (Fsp3) is 0.471. The van der Waals surface area contributed by atoms with Crippen LogP contribution in [0.1, 0.15) is 37.5 Å². The van der Waals surface area contributed by atoms with Crippen LogP contribution >= 0.6 is 15.9 Å². The van der Waals surface area contributed by atoms with Crippen LogP contribution in [0.5, 0.6) is 0 Å². The lowest BCUT2D eigenvalue weighted by Gasteiger charge is -2.12. The number of aryl methyl sites for hydroxylation is 1. The molecule has 3 heterocycles. The first-order valence-electron chi connectivity index (χ1n) is 7.96. The van der Waals surface area contributed by atoms with E-state index in [0.29, 0.717) is 12.5 Å². The molecule has 0 aliphatic rings. The highest BCUT2D eigenvalue weighted by Gasteiger charge is 2.15. The van der Waals surface area contributed by atoms with Crippen LogP contribution in [0, 0.1) is 19.8 Å². The van der Waals surface area contributed by atoms with Gasteiger partial charge in [0.1, 0.15) is 10.4 Å². The molecule has 0 N–H and O–H groups in total. The van der Waals surface area contributed by atoms with Gasteiger partial charge in [-0.2, -0.15) is 5.10 Å². The highest BCUT2D eigenvalue weighted by molar-refractivity contribution is 9.10. The van der Waals surface area contributed by atoms with E-state index >= 15 is 0 Å². The monoisotopic (exact) mass is 375 g/mol. The molecular weight excluding hydrogens is 354 g/mol. The fourth-order valence-electron chi connectivity index (χ4n) is 2.76. The van der Waals surface area contributed by atoms with E-state index in [0.717, 1.165) is 40.0 Å². The van der Waals surface area contributed by atoms with Crippen molar-refractivity contribution in [1.29, 1.82) is 0 Å². The number of imidazole rings is 1. The zero-order valence-electron chi connectivity index (χ0n) is 14.0. The number of hydrogen-bond acceptors (Lipinski definition) is 3. The summed E-state index contributed by atoms with van der Waals surface area (Å²) in [6.07, 6.45) is 4.79. The summed E-state index contributed by atoms with van der Waals surface area (Å²) < 4.78 is 5.15. The van der Waals surface area contributed by atoms with Gasteiger partial charge >= 0.3 is 0 Å². The summed E-state index contributed by atoms with van der Waals surface area (Å²) in [6, 6.07) is 1.98. The Morgan fingerprint density at radius 1 is 1.26 bits per heavy atom. The lowest BCUT2D eigenvalue weighted by molar-refractivity contribution is 0.492. The summed E-state index contributed by atoms with van der Waals surface area (Å²) in [4.78, 5) is 8.99. The number of nitrogens with zero attached hydrogens (tertiary/aromatic N) is 5. The van der Waals surface area contributed by atoms with Crippen LogP contribution in [-0.4, -0.2) is 24.3 Å². The summed E-state index contributed by atoms with van der Waals surface area (Å²) in [5, 5.41) is 5.68. The average molecular weight is 376 g/mol. The van der Waals surface area contributed by atoms with Crippen molar-refractivity contribution < 1.29 is 0 Å². The number of halogens is 1. The Morgan fingerprint density at radius 2 is 2.04 bits per heavy atom. The van der Waals surface area contributed by atoms with Crippen molar-refractivity contribution in [3.8, 4) is 0 Å². The molecule has 3 aromatic heterocycles. The SMILES string of the molecule is Cc1nc(Cn2nc(Br)c3ccncc32)n(CCC(C)C)c1C. The van der Waals surface area contributed by atoms with Gasteiger partial charge < -0.3 is 4.57 Å². The van der Waals surface area contributed by atoms with Gasteiger partial charge in [-0.1, -0.05) is 13.8 Å². The Labute approximate surface area is 144 Å². The lowest BCUT2D eigenvalue weighted by atomic mass is 10.1. The third-order valence-corrected chi connectivity index (χ3v) is 4.85. The first-order valence-corrected chi connectivity index (χ1v) is 8.75. The first-order chi connectivity index (χ1) is 11.0. The van der Waals surface area contributed by atoms with Gasteiger partial charge in [-0.3, -0.25) is 9.67 Å². The second-order valence-electron chi connectivity index (χ2n) is 6.37. The molecule has 23 heavy (non-hydrogen) atoms. The minimum atomic E-state index is 0.653. The van der Waals surface area contributed by atoms with Gasteiger partial charge in [0, 0.05) is 23.8 Å². The molecular formula is C17H22BrN5. The van der Waals surface area contributed by atoms with Gasteiger partial charge in [0.25, 0.3) is 0 Å². The molecule has 5 nitrogen and oxygen atoms in total. The van der Waals surface area contributed by atoms with E-state index < -0.39 is 0 Å². The highest BCUT2D eigenvalue weighted by atomic mass is 79.9. The maximum Gasteiger partial charge on any atom is 0.136 e. The summed E-state index contributed by atoms with van der Waals surface area (Å²) in [6.45, 7) is 10.4. The van der Waals surface area contributed by atoms with Crippen molar-refractivity contribution in [3.63, 3.8) is 0 Å². The largest absolute Gasteiger partial charge is 0.330 e. The molecule has 0 aliphatic carbocycles. The number of rotatable bonds is 5. The number of pyridine rings is 1. The molecule has 6 heteroatoms. The van der Waals surface area contributed by atoms with Crippen LogP contribution in [0.15, 0.2) is 23.1 Å². The maximum absolute atomic E-state index is 4.77. The molecule has 0 unspecified atom stereocenters. The molecule has 3 rings (SSSR count). The molecule has 0 amide bonds. The Balaban J connectivity index is 1.97. The molecule has 0 bridgehead atoms. The standard InChI is InChI=1S/C17H22BrN5/c1-11(2)6-8-22-13(4)12(3)20-16(22)10-23-15-9-19-7-5-14(15)17(18)21-23/h5,7,9,11H,6,8,10H2,1-4H3. The molecule has 0 spiro atoms. The summed E-state index contributed by atoms with van der Waals surface area (Å²) in [5.74, 6) is 1.73. The fourth-order valence-corrected chi connectivity index (χ4v) is 3.29. The van der Waals surface area contributed by atoms with E-state index in [2.05, 4.69) is 58.3 Å². The van der Waals surface area contributed by atoms with Crippen LogP contribution in [0.2, 0.25) is 0 Å². The predicted octanol–water partition coefficient (Wildman–Crippen LogP) is 4.10. The smallest absolute Gasteiger partial charge is 0.136 e. The van der Waals surface area contributed by atoms with E-state index in [1.165, 1.54) is 5.69 Å². The van der Waals surface area contributed by atoms with Crippen molar-refractivity contribution >= 4 is 26.8 Å². The molecule has 0 fully saturated rings. The summed E-state index contributed by atoms with van der Waals surface area (Å²) >= 11 is 3.53. The van der Waals surface area contributed by atoms with Crippen molar-refractivity contribution in [2.75, 3.05) is 0 Å². The topological polar surface area (TPSA) is 48.5 Å². The van der Waals surface area contributed by atoms with Crippen molar-refractivity contribution in [3.05, 3.63) is 40.3 Å². The molecule has 122 valence electrons. The first kappa shape index (κ1) is 16.2. The molecule has 0 saturated heterocycles. The molecule has 3 aromatic rings. The van der Waals surface area contributed by atoms with E-state index in [-0.39, 0.29) is 0 Å². The highest BCUT2D eigenvalue weighted by Crippen LogP contribution is 2.23. The molecule has 0 radical (unpaired) electrons. The average Bonchev–Trinajstić information content (AvgIpc) is 2.96. The van der Waals surface area contributed by atoms with Crippen LogP contribution in [0.4, 0.5) is 0 Å². The third-order valence-electron chi connectivity index (χ3n) is 4.27. The van der Waals surface area contributed by atoms with Crippen molar-refractivity contribution in [2.24, 2.45) is 5.92 Å². The number of aromatic nitrogens is 5. The number of fused-ring (bicyclic) bond motifs is 1. The molecule has 0 aromatic carbocycles. The second kappa shape index (κ2) is 6.43. The van der Waals surface area contributed by atoms with Crippen LogP contribution in [-0.2, 0) is 13.1 Å². The third kappa shape index (κ3) is 3.17. The van der Waals surface area contributed by atoms with Crippen LogP contribution in [0.3, 0.4) is 0 Å². The minimum Gasteiger partial charge on any atom is -0.330 e. The van der Waals surface area contributed by atoms with E-state index in [4.69, 9.17) is 4.98 Å². The van der Waals surface area contributed by atoms with Gasteiger partial charge in [0.05, 0.1) is 24.0 Å². The maximum atomic E-state index is 4.77. The van der Waals surface area contributed by atoms with Crippen molar-refractivity contribution in [2.45, 2.75) is 47.2 Å². The van der Waals surface area contributed by atoms with Crippen LogP contribution in [0.25, 0.3) is 10.9 Å². The van der Waals surface area contributed by atoms with Gasteiger partial charge in [0.15, 0.2) is 0 Å². The van der Waals surface area contributed by atoms with Gasteiger partial charge in [-0.15, -0.1) is 0 Å².